The molecule has 0 radical (unpaired) electrons. The molecule has 2 heterocycles. The molecule has 0 amide bonds. The minimum absolute atomic E-state index is 0.426. The summed E-state index contributed by atoms with van der Waals surface area (Å²) in [5.41, 5.74) is 2.68. The predicted molar refractivity (Wildman–Crippen MR) is 87.1 cm³/mol. The number of aromatic nitrogens is 1. The Hall–Kier alpha value is -2.69. The van der Waals surface area contributed by atoms with Crippen LogP contribution in [0.15, 0.2) is 52.9 Å². The zero-order valence-corrected chi connectivity index (χ0v) is 12.6. The molecule has 2 aromatic rings. The molecule has 112 valence electrons. The van der Waals surface area contributed by atoms with Gasteiger partial charge in [0.25, 0.3) is 0 Å². The lowest BCUT2D eigenvalue weighted by Gasteiger charge is -2.10. The van der Waals surface area contributed by atoms with Crippen LogP contribution in [0.4, 0.5) is 0 Å². The molecule has 5 nitrogen and oxygen atoms in total. The summed E-state index contributed by atoms with van der Waals surface area (Å²) in [4.78, 5) is 20.2. The van der Waals surface area contributed by atoms with Gasteiger partial charge < -0.3 is 9.40 Å². The van der Waals surface area contributed by atoms with E-state index in [-0.39, 0.29) is 0 Å². The van der Waals surface area contributed by atoms with E-state index < -0.39 is 5.97 Å². The van der Waals surface area contributed by atoms with Crippen molar-refractivity contribution in [2.75, 3.05) is 0 Å². The summed E-state index contributed by atoms with van der Waals surface area (Å²) in [5, 5.41) is 4.97. The molecule has 0 unspecified atom stereocenters. The number of rotatable bonds is 2. The van der Waals surface area contributed by atoms with Gasteiger partial charge in [0.2, 0.25) is 0 Å². The quantitative estimate of drug-likeness (QED) is 0.484. The smallest absolute Gasteiger partial charge is 0.318 e. The molecule has 0 fully saturated rings. The molecule has 0 spiro atoms. The van der Waals surface area contributed by atoms with Crippen molar-refractivity contribution in [3.05, 3.63) is 48.3 Å². The Bertz CT molecular complexity index is 812. The highest BCUT2D eigenvalue weighted by molar-refractivity contribution is 6.12. The molecule has 0 aliphatic carbocycles. The fourth-order valence-corrected chi connectivity index (χ4v) is 2.54. The summed E-state index contributed by atoms with van der Waals surface area (Å²) in [5.74, 6) is 0.579. The minimum atomic E-state index is -0.426. The number of aliphatic imine (C=N–C) groups is 1. The fraction of sp³-hybridized carbons (Fsp3) is 0.235. The molecule has 0 saturated carbocycles. The number of hydrogen-bond acceptors (Lipinski definition) is 4. The van der Waals surface area contributed by atoms with E-state index in [0.717, 1.165) is 35.1 Å². The van der Waals surface area contributed by atoms with Crippen LogP contribution >= 0.6 is 0 Å². The van der Waals surface area contributed by atoms with Gasteiger partial charge in [0.05, 0.1) is 11.2 Å². The van der Waals surface area contributed by atoms with Crippen LogP contribution in [-0.2, 0) is 9.63 Å². The zero-order valence-electron chi connectivity index (χ0n) is 12.6. The summed E-state index contributed by atoms with van der Waals surface area (Å²) in [6.45, 7) is 3.17. The van der Waals surface area contributed by atoms with Crippen LogP contribution in [0.25, 0.3) is 10.9 Å². The van der Waals surface area contributed by atoms with Crippen molar-refractivity contribution >= 4 is 28.4 Å². The SMILES string of the molecule is CC(=O)O/N=C(\C)c1cn(C2=NC=CCC2)c2ccccc12. The second kappa shape index (κ2) is 5.97. The maximum atomic E-state index is 10.9. The average molecular weight is 295 g/mol. The average Bonchev–Trinajstić information content (AvgIpc) is 2.93. The van der Waals surface area contributed by atoms with Gasteiger partial charge in [-0.25, -0.2) is 9.79 Å². The van der Waals surface area contributed by atoms with Crippen LogP contribution in [0.3, 0.4) is 0 Å². The van der Waals surface area contributed by atoms with Gasteiger partial charge in [0.15, 0.2) is 0 Å². The third-order valence-corrected chi connectivity index (χ3v) is 3.55. The predicted octanol–water partition coefficient (Wildman–Crippen LogP) is 3.48. The molecule has 1 aromatic carbocycles. The van der Waals surface area contributed by atoms with E-state index in [1.165, 1.54) is 6.92 Å². The third-order valence-electron chi connectivity index (χ3n) is 3.55. The number of hydrogen-bond donors (Lipinski definition) is 0. The van der Waals surface area contributed by atoms with Crippen LogP contribution in [0, 0.1) is 0 Å². The number of benzene rings is 1. The molecule has 0 saturated heterocycles. The number of para-hydroxylation sites is 1. The summed E-state index contributed by atoms with van der Waals surface area (Å²) in [6, 6.07) is 8.07. The molecular weight excluding hydrogens is 278 g/mol. The number of fused-ring (bicyclic) bond motifs is 1. The topological polar surface area (TPSA) is 55.9 Å². The Kier molecular flexibility index (Phi) is 3.87. The summed E-state index contributed by atoms with van der Waals surface area (Å²) >= 11 is 0. The van der Waals surface area contributed by atoms with Gasteiger partial charge in [0, 0.05) is 36.7 Å². The molecule has 3 rings (SSSR count). The Balaban J connectivity index is 2.12. The van der Waals surface area contributed by atoms with E-state index in [9.17, 15) is 4.79 Å². The first kappa shape index (κ1) is 14.3. The second-order valence-electron chi connectivity index (χ2n) is 5.16. The van der Waals surface area contributed by atoms with Crippen LogP contribution in [0.2, 0.25) is 0 Å². The summed E-state index contributed by atoms with van der Waals surface area (Å²) < 4.78 is 2.08. The second-order valence-corrected chi connectivity index (χ2v) is 5.16. The highest BCUT2D eigenvalue weighted by Crippen LogP contribution is 2.23. The van der Waals surface area contributed by atoms with Gasteiger partial charge in [0.1, 0.15) is 5.84 Å². The fourth-order valence-electron chi connectivity index (χ4n) is 2.54. The van der Waals surface area contributed by atoms with Crippen molar-refractivity contribution in [3.63, 3.8) is 0 Å². The Morgan fingerprint density at radius 1 is 1.32 bits per heavy atom. The van der Waals surface area contributed by atoms with Gasteiger partial charge in [-0.3, -0.25) is 0 Å². The molecule has 0 atom stereocenters. The molecular formula is C17H17N3O2. The Labute approximate surface area is 128 Å². The van der Waals surface area contributed by atoms with Gasteiger partial charge >= 0.3 is 5.97 Å². The Morgan fingerprint density at radius 3 is 2.86 bits per heavy atom. The molecule has 22 heavy (non-hydrogen) atoms. The van der Waals surface area contributed by atoms with E-state index in [1.807, 2.05) is 37.5 Å². The van der Waals surface area contributed by atoms with Crippen molar-refractivity contribution in [3.8, 4) is 0 Å². The van der Waals surface area contributed by atoms with Crippen LogP contribution in [-0.4, -0.2) is 22.1 Å². The third kappa shape index (κ3) is 2.70. The molecule has 1 aromatic heterocycles. The monoisotopic (exact) mass is 295 g/mol. The molecule has 0 N–H and O–H groups in total. The number of carbonyl (C=O) groups excluding carboxylic acids is 1. The van der Waals surface area contributed by atoms with Crippen molar-refractivity contribution < 1.29 is 9.63 Å². The molecule has 0 bridgehead atoms. The van der Waals surface area contributed by atoms with Gasteiger partial charge in [-0.2, -0.15) is 0 Å². The highest BCUT2D eigenvalue weighted by atomic mass is 16.7. The first-order valence-electron chi connectivity index (χ1n) is 7.21. The van der Waals surface area contributed by atoms with Crippen molar-refractivity contribution in [1.29, 1.82) is 0 Å². The van der Waals surface area contributed by atoms with Crippen molar-refractivity contribution in [2.45, 2.75) is 26.7 Å². The lowest BCUT2D eigenvalue weighted by atomic mass is 10.1. The number of oxime groups is 1. The summed E-state index contributed by atoms with van der Waals surface area (Å²) in [7, 11) is 0. The molecule has 1 aliphatic heterocycles. The highest BCUT2D eigenvalue weighted by Gasteiger charge is 2.14. The minimum Gasteiger partial charge on any atom is -0.318 e. The first-order chi connectivity index (χ1) is 10.7. The zero-order chi connectivity index (χ0) is 15.5. The van der Waals surface area contributed by atoms with E-state index in [1.54, 1.807) is 0 Å². The van der Waals surface area contributed by atoms with E-state index in [0.29, 0.717) is 5.71 Å². The lowest BCUT2D eigenvalue weighted by Crippen LogP contribution is -2.11. The molecule has 5 heteroatoms. The number of carbonyl (C=O) groups is 1. The van der Waals surface area contributed by atoms with E-state index in [2.05, 4.69) is 26.9 Å². The van der Waals surface area contributed by atoms with Gasteiger partial charge in [-0.05, 0) is 19.4 Å². The standard InChI is InChI=1S/C17H17N3O2/c1-12(19-22-13(2)21)15-11-20(17-9-5-6-10-18-17)16-8-4-3-7-14(15)16/h3-4,6-8,10-11H,5,9H2,1-2H3/b19-12+. The largest absolute Gasteiger partial charge is 0.331 e. The Morgan fingerprint density at radius 2 is 2.14 bits per heavy atom. The van der Waals surface area contributed by atoms with Crippen molar-refractivity contribution in [1.82, 2.24) is 4.57 Å². The maximum absolute atomic E-state index is 10.9. The van der Waals surface area contributed by atoms with Crippen molar-refractivity contribution in [2.24, 2.45) is 10.1 Å². The van der Waals surface area contributed by atoms with Gasteiger partial charge in [-0.15, -0.1) is 0 Å². The molecule has 1 aliphatic rings. The van der Waals surface area contributed by atoms with Crippen LogP contribution in [0.5, 0.6) is 0 Å². The van der Waals surface area contributed by atoms with Crippen LogP contribution in [0.1, 0.15) is 32.3 Å². The number of nitrogens with zero attached hydrogens (tertiary/aromatic N) is 3. The normalized spacial score (nSPS) is 15.0. The number of allylic oxidation sites excluding steroid dienone is 1. The summed E-state index contributed by atoms with van der Waals surface area (Å²) in [6.07, 6.45) is 7.79. The van der Waals surface area contributed by atoms with Gasteiger partial charge in [-0.1, -0.05) is 29.4 Å². The van der Waals surface area contributed by atoms with Crippen LogP contribution < -0.4 is 0 Å². The lowest BCUT2D eigenvalue weighted by molar-refractivity contribution is -0.140. The van der Waals surface area contributed by atoms with E-state index >= 15 is 0 Å². The maximum Gasteiger partial charge on any atom is 0.331 e. The van der Waals surface area contributed by atoms with E-state index in [4.69, 9.17) is 4.84 Å². The first-order valence-corrected chi connectivity index (χ1v) is 7.21.